The average Bonchev–Trinajstić information content (AvgIpc) is 2.79. The number of nitrogens with zero attached hydrogens (tertiary/aromatic N) is 4. The maximum Gasteiger partial charge on any atom is 0.227 e. The Balaban J connectivity index is 1.62. The van der Waals surface area contributed by atoms with E-state index in [-0.39, 0.29) is 0 Å². The third kappa shape index (κ3) is 4.96. The van der Waals surface area contributed by atoms with E-state index in [4.69, 9.17) is 9.97 Å². The third-order valence-corrected chi connectivity index (χ3v) is 4.58. The smallest absolute Gasteiger partial charge is 0.227 e. The topological polar surface area (TPSA) is 53.9 Å². The molecule has 2 aromatic carbocycles. The zero-order valence-electron chi connectivity index (χ0n) is 16.4. The van der Waals surface area contributed by atoms with Crippen molar-refractivity contribution in [3.8, 4) is 11.3 Å². The van der Waals surface area contributed by atoms with Crippen molar-refractivity contribution in [3.05, 3.63) is 102 Å². The number of anilines is 2. The van der Waals surface area contributed by atoms with Gasteiger partial charge in [-0.3, -0.25) is 4.98 Å². The quantitative estimate of drug-likeness (QED) is 0.499. The van der Waals surface area contributed by atoms with Gasteiger partial charge in [0.1, 0.15) is 5.82 Å². The summed E-state index contributed by atoms with van der Waals surface area (Å²) in [6.07, 6.45) is 3.63. The SMILES string of the molecule is CN(Cc1ccccc1)c1nc(NCc2cccnc2)cc(-c2ccccc2)n1. The molecule has 4 rings (SSSR count). The minimum Gasteiger partial charge on any atom is -0.366 e. The summed E-state index contributed by atoms with van der Waals surface area (Å²) in [5.41, 5.74) is 4.28. The van der Waals surface area contributed by atoms with Gasteiger partial charge in [0.15, 0.2) is 0 Å². The molecule has 0 aliphatic rings. The van der Waals surface area contributed by atoms with Crippen molar-refractivity contribution in [1.29, 1.82) is 0 Å². The molecule has 0 aliphatic carbocycles. The molecule has 0 spiro atoms. The molecule has 0 unspecified atom stereocenters. The largest absolute Gasteiger partial charge is 0.366 e. The molecule has 29 heavy (non-hydrogen) atoms. The average molecular weight is 381 g/mol. The molecular formula is C24H23N5. The van der Waals surface area contributed by atoms with Crippen LogP contribution in [0.3, 0.4) is 0 Å². The molecule has 4 aromatic rings. The summed E-state index contributed by atoms with van der Waals surface area (Å²) in [6, 6.07) is 26.5. The first-order chi connectivity index (χ1) is 14.3. The molecule has 0 aliphatic heterocycles. The number of rotatable bonds is 7. The Morgan fingerprint density at radius 3 is 2.28 bits per heavy atom. The van der Waals surface area contributed by atoms with Crippen molar-refractivity contribution in [2.75, 3.05) is 17.3 Å². The van der Waals surface area contributed by atoms with Crippen LogP contribution >= 0.6 is 0 Å². The van der Waals surface area contributed by atoms with Crippen molar-refractivity contribution < 1.29 is 0 Å². The fraction of sp³-hybridized carbons (Fsp3) is 0.125. The number of aromatic nitrogens is 3. The van der Waals surface area contributed by atoms with E-state index in [1.165, 1.54) is 5.56 Å². The molecule has 144 valence electrons. The molecular weight excluding hydrogens is 358 g/mol. The number of hydrogen-bond donors (Lipinski definition) is 1. The van der Waals surface area contributed by atoms with E-state index >= 15 is 0 Å². The van der Waals surface area contributed by atoms with Gasteiger partial charge in [-0.15, -0.1) is 0 Å². The second kappa shape index (κ2) is 8.97. The van der Waals surface area contributed by atoms with Crippen LogP contribution in [0.5, 0.6) is 0 Å². The van der Waals surface area contributed by atoms with Crippen LogP contribution < -0.4 is 10.2 Å². The van der Waals surface area contributed by atoms with Crippen LogP contribution in [0.1, 0.15) is 11.1 Å². The third-order valence-electron chi connectivity index (χ3n) is 4.58. The second-order valence-corrected chi connectivity index (χ2v) is 6.86. The van der Waals surface area contributed by atoms with Crippen LogP contribution in [-0.4, -0.2) is 22.0 Å². The van der Waals surface area contributed by atoms with Gasteiger partial charge in [-0.2, -0.15) is 4.98 Å². The van der Waals surface area contributed by atoms with Crippen LogP contribution in [0, 0.1) is 0 Å². The highest BCUT2D eigenvalue weighted by molar-refractivity contribution is 5.64. The molecule has 0 saturated heterocycles. The van der Waals surface area contributed by atoms with E-state index in [9.17, 15) is 0 Å². The predicted octanol–water partition coefficient (Wildman–Crippen LogP) is 4.79. The number of hydrogen-bond acceptors (Lipinski definition) is 5. The zero-order chi connectivity index (χ0) is 19.9. The summed E-state index contributed by atoms with van der Waals surface area (Å²) in [6.45, 7) is 1.39. The second-order valence-electron chi connectivity index (χ2n) is 6.86. The molecule has 0 radical (unpaired) electrons. The monoisotopic (exact) mass is 381 g/mol. The Hall–Kier alpha value is -3.73. The van der Waals surface area contributed by atoms with Crippen molar-refractivity contribution in [2.24, 2.45) is 0 Å². The Labute approximate surface area is 171 Å². The summed E-state index contributed by atoms with van der Waals surface area (Å²) >= 11 is 0. The number of benzene rings is 2. The molecule has 0 fully saturated rings. The van der Waals surface area contributed by atoms with Crippen LogP contribution in [0.4, 0.5) is 11.8 Å². The molecule has 1 N–H and O–H groups in total. The standard InChI is InChI=1S/C24H23N5/c1-29(18-19-9-4-2-5-10-19)24-27-22(21-12-6-3-7-13-21)15-23(28-24)26-17-20-11-8-14-25-16-20/h2-16H,17-18H2,1H3,(H,26,27,28). The molecule has 0 bridgehead atoms. The molecule has 5 nitrogen and oxygen atoms in total. The molecule has 2 aromatic heterocycles. The first-order valence-electron chi connectivity index (χ1n) is 9.60. The highest BCUT2D eigenvalue weighted by Gasteiger charge is 2.11. The Kier molecular flexibility index (Phi) is 5.76. The van der Waals surface area contributed by atoms with Crippen molar-refractivity contribution >= 4 is 11.8 Å². The van der Waals surface area contributed by atoms with Crippen molar-refractivity contribution in [1.82, 2.24) is 15.0 Å². The van der Waals surface area contributed by atoms with Gasteiger partial charge in [-0.1, -0.05) is 66.7 Å². The van der Waals surface area contributed by atoms with Gasteiger partial charge in [0.05, 0.1) is 5.69 Å². The van der Waals surface area contributed by atoms with E-state index in [0.29, 0.717) is 12.5 Å². The Morgan fingerprint density at radius 2 is 1.55 bits per heavy atom. The number of pyridine rings is 1. The minimum absolute atomic E-state index is 0.654. The Morgan fingerprint density at radius 1 is 0.828 bits per heavy atom. The molecule has 5 heteroatoms. The maximum absolute atomic E-state index is 4.82. The fourth-order valence-corrected chi connectivity index (χ4v) is 3.08. The predicted molar refractivity (Wildman–Crippen MR) is 118 cm³/mol. The van der Waals surface area contributed by atoms with E-state index in [1.807, 2.05) is 67.8 Å². The normalized spacial score (nSPS) is 10.5. The molecule has 0 saturated carbocycles. The minimum atomic E-state index is 0.654. The lowest BCUT2D eigenvalue weighted by molar-refractivity contribution is 0.867. The van der Waals surface area contributed by atoms with Gasteiger partial charge in [-0.25, -0.2) is 4.98 Å². The fourth-order valence-electron chi connectivity index (χ4n) is 3.08. The van der Waals surface area contributed by atoms with E-state index < -0.39 is 0 Å². The lowest BCUT2D eigenvalue weighted by atomic mass is 10.1. The van der Waals surface area contributed by atoms with Gasteiger partial charge in [0.2, 0.25) is 5.95 Å². The first-order valence-corrected chi connectivity index (χ1v) is 9.60. The molecule has 0 amide bonds. The zero-order valence-corrected chi connectivity index (χ0v) is 16.4. The van der Waals surface area contributed by atoms with Gasteiger partial charge in [0, 0.05) is 44.2 Å². The lowest BCUT2D eigenvalue weighted by Gasteiger charge is -2.19. The van der Waals surface area contributed by atoms with Crippen LogP contribution in [-0.2, 0) is 13.1 Å². The van der Waals surface area contributed by atoms with Crippen molar-refractivity contribution in [3.63, 3.8) is 0 Å². The highest BCUT2D eigenvalue weighted by atomic mass is 15.2. The van der Waals surface area contributed by atoms with Crippen LogP contribution in [0.2, 0.25) is 0 Å². The summed E-state index contributed by atoms with van der Waals surface area (Å²) in [4.78, 5) is 15.8. The number of nitrogens with one attached hydrogen (secondary N) is 1. The van der Waals surface area contributed by atoms with E-state index in [1.54, 1.807) is 6.20 Å². The maximum atomic E-state index is 4.82. The van der Waals surface area contributed by atoms with E-state index in [2.05, 4.69) is 39.5 Å². The van der Waals surface area contributed by atoms with Crippen LogP contribution in [0.15, 0.2) is 91.3 Å². The van der Waals surface area contributed by atoms with Gasteiger partial charge >= 0.3 is 0 Å². The van der Waals surface area contributed by atoms with Crippen molar-refractivity contribution in [2.45, 2.75) is 13.1 Å². The summed E-state index contributed by atoms with van der Waals surface area (Å²) in [5.74, 6) is 1.47. The summed E-state index contributed by atoms with van der Waals surface area (Å²) < 4.78 is 0. The molecule has 2 heterocycles. The van der Waals surface area contributed by atoms with Gasteiger partial charge < -0.3 is 10.2 Å². The van der Waals surface area contributed by atoms with Gasteiger partial charge in [0.25, 0.3) is 0 Å². The summed E-state index contributed by atoms with van der Waals surface area (Å²) in [7, 11) is 2.02. The lowest BCUT2D eigenvalue weighted by Crippen LogP contribution is -2.20. The van der Waals surface area contributed by atoms with E-state index in [0.717, 1.165) is 29.2 Å². The summed E-state index contributed by atoms with van der Waals surface area (Å²) in [5, 5.41) is 3.41. The highest BCUT2D eigenvalue weighted by Crippen LogP contribution is 2.23. The Bertz CT molecular complexity index is 1040. The molecule has 0 atom stereocenters. The first kappa shape index (κ1) is 18.6. The van der Waals surface area contributed by atoms with Crippen LogP contribution in [0.25, 0.3) is 11.3 Å². The van der Waals surface area contributed by atoms with Gasteiger partial charge in [-0.05, 0) is 17.2 Å².